The van der Waals surface area contributed by atoms with E-state index in [1.54, 1.807) is 18.3 Å². The molecule has 0 fully saturated rings. The summed E-state index contributed by atoms with van der Waals surface area (Å²) in [4.78, 5) is 22.7. The summed E-state index contributed by atoms with van der Waals surface area (Å²) in [6.07, 6.45) is 4.19. The van der Waals surface area contributed by atoms with Crippen LogP contribution < -0.4 is 10.1 Å². The molecule has 2 aromatic rings. The summed E-state index contributed by atoms with van der Waals surface area (Å²) in [5.41, 5.74) is 1.24. The molecule has 2 aromatic heterocycles. The van der Waals surface area contributed by atoms with Gasteiger partial charge >= 0.3 is 5.97 Å². The van der Waals surface area contributed by atoms with Gasteiger partial charge in [-0.05, 0) is 6.07 Å². The van der Waals surface area contributed by atoms with E-state index in [0.717, 1.165) is 5.69 Å². The summed E-state index contributed by atoms with van der Waals surface area (Å²) in [5, 5.41) is 12.0. The number of anilines is 1. The molecule has 0 aliphatic rings. The van der Waals surface area contributed by atoms with Gasteiger partial charge in [0, 0.05) is 12.3 Å². The number of carbonyl (C=O) groups is 1. The highest BCUT2D eigenvalue weighted by Crippen LogP contribution is 2.12. The minimum absolute atomic E-state index is 0.0801. The summed E-state index contributed by atoms with van der Waals surface area (Å²) < 4.78 is 4.95. The van der Waals surface area contributed by atoms with Gasteiger partial charge in [0.2, 0.25) is 5.88 Å². The zero-order valence-corrected chi connectivity index (χ0v) is 10.2. The summed E-state index contributed by atoms with van der Waals surface area (Å²) in [6, 6.07) is 3.49. The number of nitrogens with zero attached hydrogens (tertiary/aromatic N) is 3. The molecular weight excluding hydrogens is 248 g/mol. The Morgan fingerprint density at radius 1 is 1.37 bits per heavy atom. The van der Waals surface area contributed by atoms with E-state index in [2.05, 4.69) is 20.3 Å². The fourth-order valence-electron chi connectivity index (χ4n) is 1.47. The van der Waals surface area contributed by atoms with Crippen molar-refractivity contribution in [1.29, 1.82) is 0 Å². The summed E-state index contributed by atoms with van der Waals surface area (Å²) >= 11 is 0. The van der Waals surface area contributed by atoms with Gasteiger partial charge < -0.3 is 15.2 Å². The number of aromatic carboxylic acids is 1. The Morgan fingerprint density at radius 2 is 2.21 bits per heavy atom. The number of hydrogen-bond acceptors (Lipinski definition) is 6. The molecule has 0 unspecified atom stereocenters. The highest BCUT2D eigenvalue weighted by atomic mass is 16.5. The maximum absolute atomic E-state index is 11.0. The summed E-state index contributed by atoms with van der Waals surface area (Å²) in [5.74, 6) is -0.538. The predicted octanol–water partition coefficient (Wildman–Crippen LogP) is 1.19. The first kappa shape index (κ1) is 12.7. The number of carboxylic acids is 1. The molecule has 0 atom stereocenters. The van der Waals surface area contributed by atoms with E-state index < -0.39 is 5.97 Å². The molecule has 0 bridgehead atoms. The van der Waals surface area contributed by atoms with E-state index >= 15 is 0 Å². The van der Waals surface area contributed by atoms with Gasteiger partial charge in [0.15, 0.2) is 0 Å². The Hall–Kier alpha value is -2.70. The third-order valence-corrected chi connectivity index (χ3v) is 2.43. The first-order valence-corrected chi connectivity index (χ1v) is 5.47. The lowest BCUT2D eigenvalue weighted by Crippen LogP contribution is -2.10. The van der Waals surface area contributed by atoms with Gasteiger partial charge in [-0.25, -0.2) is 19.7 Å². The normalized spacial score (nSPS) is 9.95. The molecule has 0 saturated heterocycles. The topological polar surface area (TPSA) is 97.2 Å². The second kappa shape index (κ2) is 5.76. The fourth-order valence-corrected chi connectivity index (χ4v) is 1.47. The molecule has 7 nitrogen and oxygen atoms in total. The van der Waals surface area contributed by atoms with E-state index in [1.807, 2.05) is 0 Å². The molecule has 0 aliphatic heterocycles. The van der Waals surface area contributed by atoms with Crippen LogP contribution in [0.1, 0.15) is 16.1 Å². The molecule has 2 N–H and O–H groups in total. The van der Waals surface area contributed by atoms with Gasteiger partial charge in [0.25, 0.3) is 0 Å². The zero-order valence-electron chi connectivity index (χ0n) is 10.2. The highest BCUT2D eigenvalue weighted by Gasteiger charge is 2.10. The SMILES string of the molecule is COc1ccc(NCc2ncncc2C(=O)O)cn1. The van der Waals surface area contributed by atoms with Crippen LogP contribution >= 0.6 is 0 Å². The molecule has 0 saturated carbocycles. The monoisotopic (exact) mass is 260 g/mol. The minimum atomic E-state index is -1.05. The number of ether oxygens (including phenoxy) is 1. The zero-order chi connectivity index (χ0) is 13.7. The summed E-state index contributed by atoms with van der Waals surface area (Å²) in [7, 11) is 1.54. The van der Waals surface area contributed by atoms with Crippen LogP contribution in [0.3, 0.4) is 0 Å². The number of hydrogen-bond donors (Lipinski definition) is 2. The second-order valence-electron chi connectivity index (χ2n) is 3.63. The third kappa shape index (κ3) is 3.15. The van der Waals surface area contributed by atoms with Crippen LogP contribution in [0.15, 0.2) is 30.9 Å². The van der Waals surface area contributed by atoms with Crippen molar-refractivity contribution in [3.05, 3.63) is 42.1 Å². The number of rotatable bonds is 5. The fraction of sp³-hybridized carbons (Fsp3) is 0.167. The predicted molar refractivity (Wildman–Crippen MR) is 67.1 cm³/mol. The van der Waals surface area contributed by atoms with Gasteiger partial charge in [0.1, 0.15) is 11.9 Å². The van der Waals surface area contributed by atoms with Crippen LogP contribution in [-0.2, 0) is 6.54 Å². The van der Waals surface area contributed by atoms with Gasteiger partial charge in [-0.15, -0.1) is 0 Å². The molecule has 7 heteroatoms. The molecule has 19 heavy (non-hydrogen) atoms. The van der Waals surface area contributed by atoms with Crippen molar-refractivity contribution in [2.45, 2.75) is 6.54 Å². The molecular formula is C12H12N4O3. The number of methoxy groups -OCH3 is 1. The third-order valence-electron chi connectivity index (χ3n) is 2.43. The van der Waals surface area contributed by atoms with Crippen molar-refractivity contribution < 1.29 is 14.6 Å². The van der Waals surface area contributed by atoms with Gasteiger partial charge in [-0.2, -0.15) is 0 Å². The van der Waals surface area contributed by atoms with Crippen molar-refractivity contribution in [2.24, 2.45) is 0 Å². The van der Waals surface area contributed by atoms with Crippen molar-refractivity contribution >= 4 is 11.7 Å². The Bertz CT molecular complexity index is 571. The number of nitrogens with one attached hydrogen (secondary N) is 1. The molecule has 2 rings (SSSR count). The van der Waals surface area contributed by atoms with Crippen LogP contribution in [0, 0.1) is 0 Å². The van der Waals surface area contributed by atoms with Crippen molar-refractivity contribution in [2.75, 3.05) is 12.4 Å². The second-order valence-corrected chi connectivity index (χ2v) is 3.63. The first-order valence-electron chi connectivity index (χ1n) is 5.47. The van der Waals surface area contributed by atoms with E-state index in [-0.39, 0.29) is 12.1 Å². The van der Waals surface area contributed by atoms with Crippen LogP contribution in [-0.4, -0.2) is 33.1 Å². The lowest BCUT2D eigenvalue weighted by atomic mass is 10.2. The molecule has 0 radical (unpaired) electrons. The van der Waals surface area contributed by atoms with Crippen LogP contribution in [0.4, 0.5) is 5.69 Å². The van der Waals surface area contributed by atoms with E-state index in [0.29, 0.717) is 11.6 Å². The maximum Gasteiger partial charge on any atom is 0.339 e. The van der Waals surface area contributed by atoms with Crippen LogP contribution in [0.25, 0.3) is 0 Å². The quantitative estimate of drug-likeness (QED) is 0.833. The average Bonchev–Trinajstić information content (AvgIpc) is 2.46. The molecule has 0 aromatic carbocycles. The molecule has 0 spiro atoms. The van der Waals surface area contributed by atoms with Crippen LogP contribution in [0.2, 0.25) is 0 Å². The van der Waals surface area contributed by atoms with E-state index in [1.165, 1.54) is 19.6 Å². The van der Waals surface area contributed by atoms with E-state index in [4.69, 9.17) is 9.84 Å². The Labute approximate surface area is 109 Å². The van der Waals surface area contributed by atoms with Crippen molar-refractivity contribution in [1.82, 2.24) is 15.0 Å². The van der Waals surface area contributed by atoms with Crippen molar-refractivity contribution in [3.8, 4) is 5.88 Å². The number of carboxylic acid groups (broad SMARTS) is 1. The Kier molecular flexibility index (Phi) is 3.87. The van der Waals surface area contributed by atoms with Gasteiger partial charge in [0.05, 0.1) is 31.2 Å². The van der Waals surface area contributed by atoms with Gasteiger partial charge in [-0.3, -0.25) is 0 Å². The summed E-state index contributed by atoms with van der Waals surface area (Å²) in [6.45, 7) is 0.276. The molecule has 2 heterocycles. The lowest BCUT2D eigenvalue weighted by molar-refractivity contribution is 0.0694. The standard InChI is InChI=1S/C12H12N4O3/c1-19-11-3-2-8(4-15-11)14-6-10-9(12(17)18)5-13-7-16-10/h2-5,7,14H,6H2,1H3,(H,17,18). The Morgan fingerprint density at radius 3 is 2.84 bits per heavy atom. The lowest BCUT2D eigenvalue weighted by Gasteiger charge is -2.07. The van der Waals surface area contributed by atoms with Crippen LogP contribution in [0.5, 0.6) is 5.88 Å². The minimum Gasteiger partial charge on any atom is -0.481 e. The molecule has 0 aliphatic carbocycles. The number of pyridine rings is 1. The van der Waals surface area contributed by atoms with Crippen molar-refractivity contribution in [3.63, 3.8) is 0 Å². The largest absolute Gasteiger partial charge is 0.481 e. The molecule has 0 amide bonds. The van der Waals surface area contributed by atoms with E-state index in [9.17, 15) is 4.79 Å². The maximum atomic E-state index is 11.0. The first-order chi connectivity index (χ1) is 9.20. The van der Waals surface area contributed by atoms with Gasteiger partial charge in [-0.1, -0.05) is 0 Å². The Balaban J connectivity index is 2.07. The molecule has 98 valence electrons. The smallest absolute Gasteiger partial charge is 0.339 e. The number of aromatic nitrogens is 3. The average molecular weight is 260 g/mol. The highest BCUT2D eigenvalue weighted by molar-refractivity contribution is 5.88.